The third-order valence-electron chi connectivity index (χ3n) is 4.00. The van der Waals surface area contributed by atoms with E-state index in [1.54, 1.807) is 0 Å². The van der Waals surface area contributed by atoms with Gasteiger partial charge in [-0.2, -0.15) is 0 Å². The highest BCUT2D eigenvalue weighted by Gasteiger charge is 2.35. The van der Waals surface area contributed by atoms with E-state index in [4.69, 9.17) is 0 Å². The van der Waals surface area contributed by atoms with Crippen LogP contribution < -0.4 is 5.32 Å². The molecule has 1 aliphatic carbocycles. The van der Waals surface area contributed by atoms with Crippen molar-refractivity contribution in [3.05, 3.63) is 11.4 Å². The van der Waals surface area contributed by atoms with Crippen LogP contribution in [0.4, 0.5) is 0 Å². The fraction of sp³-hybridized carbons (Fsp3) is 0.818. The topological polar surface area (TPSA) is 42.7 Å². The molecule has 4 heteroatoms. The van der Waals surface area contributed by atoms with Gasteiger partial charge in [0.05, 0.1) is 17.9 Å². The standard InChI is InChI=1S/C11H16N4/c1-2-7(1)11-10-5-8-3-4-9(12-8)6-15(10)14-13-11/h7-9,12H,1-6H2. The van der Waals surface area contributed by atoms with Crippen molar-refractivity contribution in [3.8, 4) is 0 Å². The first-order valence-electron chi connectivity index (χ1n) is 6.08. The summed E-state index contributed by atoms with van der Waals surface area (Å²) in [5.74, 6) is 0.741. The van der Waals surface area contributed by atoms with Crippen molar-refractivity contribution in [3.63, 3.8) is 0 Å². The Hall–Kier alpha value is -0.900. The second kappa shape index (κ2) is 2.82. The lowest BCUT2D eigenvalue weighted by molar-refractivity contribution is 0.468. The van der Waals surface area contributed by atoms with Gasteiger partial charge >= 0.3 is 0 Å². The smallest absolute Gasteiger partial charge is 0.0890 e. The van der Waals surface area contributed by atoms with E-state index < -0.39 is 0 Å². The fourth-order valence-corrected chi connectivity index (χ4v) is 3.03. The lowest BCUT2D eigenvalue weighted by Crippen LogP contribution is -2.30. The van der Waals surface area contributed by atoms with Crippen LogP contribution in [0.2, 0.25) is 0 Å². The van der Waals surface area contributed by atoms with Crippen molar-refractivity contribution >= 4 is 0 Å². The van der Waals surface area contributed by atoms with Crippen LogP contribution in [0.5, 0.6) is 0 Å². The first kappa shape index (κ1) is 8.28. The molecule has 0 spiro atoms. The zero-order valence-corrected chi connectivity index (χ0v) is 8.82. The zero-order valence-electron chi connectivity index (χ0n) is 8.82. The minimum absolute atomic E-state index is 0.644. The van der Waals surface area contributed by atoms with Gasteiger partial charge in [-0.25, -0.2) is 4.68 Å². The van der Waals surface area contributed by atoms with Crippen LogP contribution in [0.3, 0.4) is 0 Å². The largest absolute Gasteiger partial charge is 0.309 e. The highest BCUT2D eigenvalue weighted by Crippen LogP contribution is 2.41. The number of aromatic nitrogens is 3. The van der Waals surface area contributed by atoms with E-state index in [1.807, 2.05) is 0 Å². The molecule has 1 saturated heterocycles. The molecule has 2 unspecified atom stereocenters. The molecule has 4 rings (SSSR count). The maximum Gasteiger partial charge on any atom is 0.0890 e. The summed E-state index contributed by atoms with van der Waals surface area (Å²) in [7, 11) is 0. The van der Waals surface area contributed by atoms with Crippen molar-refractivity contribution in [2.45, 2.75) is 56.7 Å². The van der Waals surface area contributed by atoms with Gasteiger partial charge in [-0.3, -0.25) is 0 Å². The van der Waals surface area contributed by atoms with Gasteiger partial charge < -0.3 is 5.32 Å². The molecule has 1 aromatic rings. The molecule has 1 aromatic heterocycles. The van der Waals surface area contributed by atoms with E-state index >= 15 is 0 Å². The lowest BCUT2D eigenvalue weighted by atomic mass is 10.0. The number of nitrogens with zero attached hydrogens (tertiary/aromatic N) is 3. The molecule has 1 saturated carbocycles. The quantitative estimate of drug-likeness (QED) is 0.737. The maximum absolute atomic E-state index is 4.38. The van der Waals surface area contributed by atoms with Gasteiger partial charge in [-0.15, -0.1) is 5.10 Å². The van der Waals surface area contributed by atoms with Crippen LogP contribution in [0.25, 0.3) is 0 Å². The molecule has 0 aromatic carbocycles. The summed E-state index contributed by atoms with van der Waals surface area (Å²) in [6.07, 6.45) is 6.44. The summed E-state index contributed by atoms with van der Waals surface area (Å²) in [5, 5.41) is 12.4. The van der Waals surface area contributed by atoms with Crippen molar-refractivity contribution < 1.29 is 0 Å². The molecule has 3 aliphatic rings. The van der Waals surface area contributed by atoms with Gasteiger partial charge in [-0.05, 0) is 25.7 Å². The second-order valence-electron chi connectivity index (χ2n) is 5.22. The number of nitrogens with one attached hydrogen (secondary N) is 1. The first-order valence-corrected chi connectivity index (χ1v) is 6.08. The number of hydrogen-bond donors (Lipinski definition) is 1. The fourth-order valence-electron chi connectivity index (χ4n) is 3.03. The number of rotatable bonds is 1. The third kappa shape index (κ3) is 1.24. The Morgan fingerprint density at radius 2 is 2.00 bits per heavy atom. The average molecular weight is 204 g/mol. The van der Waals surface area contributed by atoms with E-state index in [2.05, 4.69) is 20.3 Å². The van der Waals surface area contributed by atoms with Gasteiger partial charge in [0, 0.05) is 24.4 Å². The minimum atomic E-state index is 0.644. The highest BCUT2D eigenvalue weighted by atomic mass is 15.4. The normalized spacial score (nSPS) is 33.9. The molecule has 4 nitrogen and oxygen atoms in total. The molecular formula is C11H16N4. The number of fused-ring (bicyclic) bond motifs is 3. The molecule has 15 heavy (non-hydrogen) atoms. The molecule has 2 atom stereocenters. The van der Waals surface area contributed by atoms with E-state index in [9.17, 15) is 0 Å². The SMILES string of the molecule is C1CC2Cn3nnc(C4CC4)c3CC1N2. The predicted molar refractivity (Wildman–Crippen MR) is 55.6 cm³/mol. The first-order chi connectivity index (χ1) is 7.40. The molecule has 1 N–H and O–H groups in total. The average Bonchev–Trinajstić information content (AvgIpc) is 2.91. The Labute approximate surface area is 89.0 Å². The minimum Gasteiger partial charge on any atom is -0.309 e. The summed E-state index contributed by atoms with van der Waals surface area (Å²) in [6, 6.07) is 1.33. The number of hydrogen-bond acceptors (Lipinski definition) is 3. The maximum atomic E-state index is 4.38. The van der Waals surface area contributed by atoms with Gasteiger partial charge in [0.15, 0.2) is 0 Å². The van der Waals surface area contributed by atoms with Crippen molar-refractivity contribution in [1.29, 1.82) is 0 Å². The Bertz CT molecular complexity index is 393. The molecular weight excluding hydrogens is 188 g/mol. The van der Waals surface area contributed by atoms with Crippen LogP contribution in [0.15, 0.2) is 0 Å². The summed E-state index contributed by atoms with van der Waals surface area (Å²) in [6.45, 7) is 1.03. The molecule has 2 aliphatic heterocycles. The lowest BCUT2D eigenvalue weighted by Gasteiger charge is -2.09. The van der Waals surface area contributed by atoms with Crippen molar-refractivity contribution in [1.82, 2.24) is 20.3 Å². The Morgan fingerprint density at radius 1 is 1.13 bits per heavy atom. The van der Waals surface area contributed by atoms with E-state index in [0.29, 0.717) is 12.1 Å². The van der Waals surface area contributed by atoms with Gasteiger partial charge in [0.1, 0.15) is 0 Å². The summed E-state index contributed by atoms with van der Waals surface area (Å²) < 4.78 is 2.16. The Morgan fingerprint density at radius 3 is 2.87 bits per heavy atom. The van der Waals surface area contributed by atoms with E-state index in [1.165, 1.54) is 37.1 Å². The van der Waals surface area contributed by atoms with Crippen LogP contribution in [0.1, 0.15) is 43.0 Å². The molecule has 2 bridgehead atoms. The van der Waals surface area contributed by atoms with Crippen molar-refractivity contribution in [2.24, 2.45) is 0 Å². The molecule has 3 heterocycles. The molecule has 80 valence electrons. The van der Waals surface area contributed by atoms with Gasteiger partial charge in [-0.1, -0.05) is 5.21 Å². The van der Waals surface area contributed by atoms with E-state index in [-0.39, 0.29) is 0 Å². The van der Waals surface area contributed by atoms with Gasteiger partial charge in [0.2, 0.25) is 0 Å². The van der Waals surface area contributed by atoms with Crippen molar-refractivity contribution in [2.75, 3.05) is 0 Å². The summed E-state index contributed by atoms with van der Waals surface area (Å²) >= 11 is 0. The van der Waals surface area contributed by atoms with Crippen LogP contribution in [0, 0.1) is 0 Å². The van der Waals surface area contributed by atoms with Gasteiger partial charge in [0.25, 0.3) is 0 Å². The van der Waals surface area contributed by atoms with Crippen LogP contribution in [-0.2, 0) is 13.0 Å². The van der Waals surface area contributed by atoms with Crippen LogP contribution in [-0.4, -0.2) is 27.1 Å². The summed E-state index contributed by atoms with van der Waals surface area (Å²) in [5.41, 5.74) is 2.74. The molecule has 2 fully saturated rings. The second-order valence-corrected chi connectivity index (χ2v) is 5.22. The van der Waals surface area contributed by atoms with Crippen LogP contribution >= 0.6 is 0 Å². The molecule has 0 amide bonds. The summed E-state index contributed by atoms with van der Waals surface area (Å²) in [4.78, 5) is 0. The zero-order chi connectivity index (χ0) is 9.83. The van der Waals surface area contributed by atoms with E-state index in [0.717, 1.165) is 18.9 Å². The predicted octanol–water partition coefficient (Wildman–Crippen LogP) is 0.832. The Kier molecular flexibility index (Phi) is 1.55. The highest BCUT2D eigenvalue weighted by molar-refractivity contribution is 5.22. The molecule has 0 radical (unpaired) electrons. The third-order valence-corrected chi connectivity index (χ3v) is 4.00. The monoisotopic (exact) mass is 204 g/mol. The Balaban J connectivity index is 1.76.